The molecule has 1 amide bonds. The summed E-state index contributed by atoms with van der Waals surface area (Å²) in [4.78, 5) is 22.1. The average molecular weight is 320 g/mol. The van der Waals surface area contributed by atoms with Crippen molar-refractivity contribution in [1.82, 2.24) is 0 Å². The predicted molar refractivity (Wildman–Crippen MR) is 73.6 cm³/mol. The molecule has 0 bridgehead atoms. The van der Waals surface area contributed by atoms with Gasteiger partial charge in [0, 0.05) is 5.02 Å². The lowest BCUT2D eigenvalue weighted by molar-refractivity contribution is -0.117. The maximum atomic E-state index is 12.4. The Bertz CT molecular complexity index is 669. The van der Waals surface area contributed by atoms with Crippen molar-refractivity contribution in [3.05, 3.63) is 28.3 Å². The van der Waals surface area contributed by atoms with Gasteiger partial charge in [0.2, 0.25) is 5.91 Å². The smallest absolute Gasteiger partial charge is 0.336 e. The van der Waals surface area contributed by atoms with Gasteiger partial charge in [-0.25, -0.2) is 13.2 Å². The second kappa shape index (κ2) is 5.80. The lowest BCUT2D eigenvalue weighted by Crippen LogP contribution is -2.35. The van der Waals surface area contributed by atoms with Crippen LogP contribution in [0.1, 0.15) is 29.3 Å². The van der Waals surface area contributed by atoms with Crippen LogP contribution in [0.3, 0.4) is 0 Å². The highest BCUT2D eigenvalue weighted by molar-refractivity contribution is 7.92. The van der Waals surface area contributed by atoms with E-state index in [1.54, 1.807) is 0 Å². The first-order valence-corrected chi connectivity index (χ1v) is 7.62. The Hall–Kier alpha value is -1.60. The number of halogens is 1. The number of hydrogen-bond donors (Lipinski definition) is 2. The lowest BCUT2D eigenvalue weighted by atomic mass is 10.1. The molecule has 0 radical (unpaired) electrons. The Morgan fingerprint density at radius 3 is 2.35 bits per heavy atom. The standard InChI is InChI=1S/C12H14ClNO5S/c1-3-9(11(14)15)20(18,19)10-5-7(13)4-8(6(10)2)12(16)17/h4-5,9H,3H2,1-2H3,(H2,14,15)(H,16,17). The molecule has 1 rings (SSSR count). The molecule has 1 unspecified atom stereocenters. The van der Waals surface area contributed by atoms with E-state index in [9.17, 15) is 18.0 Å². The van der Waals surface area contributed by atoms with E-state index in [1.165, 1.54) is 13.8 Å². The van der Waals surface area contributed by atoms with Gasteiger partial charge in [-0.2, -0.15) is 0 Å². The molecule has 6 nitrogen and oxygen atoms in total. The van der Waals surface area contributed by atoms with Gasteiger partial charge in [-0.3, -0.25) is 4.79 Å². The summed E-state index contributed by atoms with van der Waals surface area (Å²) < 4.78 is 24.8. The number of sulfone groups is 1. The molecule has 20 heavy (non-hydrogen) atoms. The fraction of sp³-hybridized carbons (Fsp3) is 0.333. The van der Waals surface area contributed by atoms with Gasteiger partial charge in [0.15, 0.2) is 9.84 Å². The van der Waals surface area contributed by atoms with Crippen LogP contribution in [-0.2, 0) is 14.6 Å². The molecule has 0 spiro atoms. The van der Waals surface area contributed by atoms with Crippen LogP contribution >= 0.6 is 11.6 Å². The second-order valence-corrected chi connectivity index (χ2v) is 6.76. The molecule has 0 aliphatic heterocycles. The number of carbonyl (C=O) groups is 2. The Balaban J connectivity index is 3.62. The fourth-order valence-electron chi connectivity index (χ4n) is 1.90. The molecule has 0 aliphatic rings. The van der Waals surface area contributed by atoms with Crippen molar-refractivity contribution in [1.29, 1.82) is 0 Å². The Kier molecular flexibility index (Phi) is 4.77. The van der Waals surface area contributed by atoms with Crippen LogP contribution < -0.4 is 5.73 Å². The van der Waals surface area contributed by atoms with E-state index in [4.69, 9.17) is 22.4 Å². The molecule has 1 atom stereocenters. The summed E-state index contributed by atoms with van der Waals surface area (Å²) >= 11 is 5.76. The highest BCUT2D eigenvalue weighted by Crippen LogP contribution is 2.28. The van der Waals surface area contributed by atoms with Crippen molar-refractivity contribution in [3.63, 3.8) is 0 Å². The van der Waals surface area contributed by atoms with E-state index in [0.29, 0.717) is 0 Å². The number of aromatic carboxylic acids is 1. The maximum Gasteiger partial charge on any atom is 0.336 e. The van der Waals surface area contributed by atoms with Gasteiger partial charge in [0.1, 0.15) is 5.25 Å². The van der Waals surface area contributed by atoms with E-state index in [0.717, 1.165) is 12.1 Å². The number of primary amides is 1. The molecule has 0 saturated carbocycles. The minimum Gasteiger partial charge on any atom is -0.478 e. The Morgan fingerprint density at radius 1 is 1.40 bits per heavy atom. The van der Waals surface area contributed by atoms with Crippen LogP contribution in [0.25, 0.3) is 0 Å². The van der Waals surface area contributed by atoms with Crippen molar-refractivity contribution in [2.75, 3.05) is 0 Å². The maximum absolute atomic E-state index is 12.4. The van der Waals surface area contributed by atoms with E-state index in [2.05, 4.69) is 0 Å². The summed E-state index contributed by atoms with van der Waals surface area (Å²) in [5, 5.41) is 7.59. The van der Waals surface area contributed by atoms with Crippen molar-refractivity contribution in [2.45, 2.75) is 30.4 Å². The van der Waals surface area contributed by atoms with Crippen LogP contribution in [0.15, 0.2) is 17.0 Å². The zero-order valence-corrected chi connectivity index (χ0v) is 12.5. The molecule has 1 aromatic rings. The van der Waals surface area contributed by atoms with Crippen LogP contribution in [-0.4, -0.2) is 30.7 Å². The number of nitrogens with two attached hydrogens (primary N) is 1. The quantitative estimate of drug-likeness (QED) is 0.851. The summed E-state index contributed by atoms with van der Waals surface area (Å²) in [7, 11) is -4.08. The van der Waals surface area contributed by atoms with Crippen molar-refractivity contribution in [2.24, 2.45) is 5.73 Å². The third-order valence-electron chi connectivity index (χ3n) is 2.92. The number of amides is 1. The first-order chi connectivity index (χ1) is 9.12. The van der Waals surface area contributed by atoms with Gasteiger partial charge in [-0.15, -0.1) is 0 Å². The van der Waals surface area contributed by atoms with Gasteiger partial charge in [-0.1, -0.05) is 18.5 Å². The molecular formula is C12H14ClNO5S. The molecule has 8 heteroatoms. The first-order valence-electron chi connectivity index (χ1n) is 5.69. The lowest BCUT2D eigenvalue weighted by Gasteiger charge is -2.16. The normalized spacial score (nSPS) is 12.9. The summed E-state index contributed by atoms with van der Waals surface area (Å²) in [6.07, 6.45) is -0.00791. The summed E-state index contributed by atoms with van der Waals surface area (Å²) in [5.74, 6) is -2.28. The summed E-state index contributed by atoms with van der Waals surface area (Å²) in [6.45, 7) is 2.85. The van der Waals surface area contributed by atoms with Crippen LogP contribution in [0, 0.1) is 6.92 Å². The monoisotopic (exact) mass is 319 g/mol. The number of carboxylic acids is 1. The van der Waals surface area contributed by atoms with Gasteiger partial charge >= 0.3 is 5.97 Å². The van der Waals surface area contributed by atoms with E-state index >= 15 is 0 Å². The zero-order valence-electron chi connectivity index (χ0n) is 10.9. The minimum atomic E-state index is -4.08. The van der Waals surface area contributed by atoms with Crippen molar-refractivity contribution >= 4 is 33.3 Å². The van der Waals surface area contributed by atoms with E-state index in [-0.39, 0.29) is 27.5 Å². The van der Waals surface area contributed by atoms with E-state index in [1.807, 2.05) is 0 Å². The predicted octanol–water partition coefficient (Wildman–Crippen LogP) is 1.38. The highest BCUT2D eigenvalue weighted by atomic mass is 35.5. The SMILES string of the molecule is CCC(C(N)=O)S(=O)(=O)c1cc(Cl)cc(C(=O)O)c1C. The number of carbonyl (C=O) groups excluding carboxylic acids is 1. The molecule has 0 aliphatic carbocycles. The number of carboxylic acid groups (broad SMARTS) is 1. The van der Waals surface area contributed by atoms with Crippen LogP contribution in [0.5, 0.6) is 0 Å². The molecule has 110 valence electrons. The topological polar surface area (TPSA) is 115 Å². The fourth-order valence-corrected chi connectivity index (χ4v) is 4.06. The van der Waals surface area contributed by atoms with Crippen LogP contribution in [0.4, 0.5) is 0 Å². The third-order valence-corrected chi connectivity index (χ3v) is 5.49. The van der Waals surface area contributed by atoms with Crippen molar-refractivity contribution in [3.8, 4) is 0 Å². The van der Waals surface area contributed by atoms with Gasteiger partial charge < -0.3 is 10.8 Å². The molecule has 0 heterocycles. The number of hydrogen-bond acceptors (Lipinski definition) is 4. The average Bonchev–Trinajstić information content (AvgIpc) is 2.31. The Labute approximate surface area is 121 Å². The third kappa shape index (κ3) is 2.94. The van der Waals surface area contributed by atoms with Gasteiger partial charge in [0.25, 0.3) is 0 Å². The van der Waals surface area contributed by atoms with Gasteiger partial charge in [0.05, 0.1) is 10.5 Å². The molecule has 0 fully saturated rings. The minimum absolute atomic E-state index is 0.00791. The molecule has 1 aromatic carbocycles. The largest absolute Gasteiger partial charge is 0.478 e. The highest BCUT2D eigenvalue weighted by Gasteiger charge is 2.33. The molecule has 3 N–H and O–H groups in total. The second-order valence-electron chi connectivity index (χ2n) is 4.23. The molecular weight excluding hydrogens is 306 g/mol. The van der Waals surface area contributed by atoms with Crippen LogP contribution in [0.2, 0.25) is 5.02 Å². The van der Waals surface area contributed by atoms with Gasteiger partial charge in [-0.05, 0) is 31.0 Å². The molecule has 0 aromatic heterocycles. The Morgan fingerprint density at radius 2 is 1.95 bits per heavy atom. The summed E-state index contributed by atoms with van der Waals surface area (Å²) in [5.41, 5.74) is 4.89. The number of benzene rings is 1. The van der Waals surface area contributed by atoms with E-state index < -0.39 is 27.0 Å². The number of rotatable bonds is 5. The summed E-state index contributed by atoms with van der Waals surface area (Å²) in [6, 6.07) is 2.29. The molecule has 0 saturated heterocycles. The first kappa shape index (κ1) is 16.5. The zero-order chi connectivity index (χ0) is 15.7. The van der Waals surface area contributed by atoms with Crippen molar-refractivity contribution < 1.29 is 23.1 Å².